The van der Waals surface area contributed by atoms with Gasteiger partial charge in [0.15, 0.2) is 5.82 Å². The van der Waals surface area contributed by atoms with Crippen LogP contribution in [0.1, 0.15) is 26.7 Å². The molecule has 0 spiro atoms. The van der Waals surface area contributed by atoms with Crippen molar-refractivity contribution in [3.63, 3.8) is 0 Å². The molecule has 0 aliphatic carbocycles. The summed E-state index contributed by atoms with van der Waals surface area (Å²) in [5, 5.41) is 7.11. The van der Waals surface area contributed by atoms with Crippen LogP contribution in [-0.4, -0.2) is 48.0 Å². The van der Waals surface area contributed by atoms with Crippen LogP contribution in [0.25, 0.3) is 0 Å². The number of nitrogens with zero attached hydrogens (tertiary/aromatic N) is 3. The van der Waals surface area contributed by atoms with Crippen LogP contribution in [0.3, 0.4) is 0 Å². The first kappa shape index (κ1) is 16.5. The molecule has 6 nitrogen and oxygen atoms in total. The van der Waals surface area contributed by atoms with Gasteiger partial charge in [0.25, 0.3) is 0 Å². The molecule has 6 heteroatoms. The van der Waals surface area contributed by atoms with Gasteiger partial charge in [-0.05, 0) is 12.3 Å². The van der Waals surface area contributed by atoms with Gasteiger partial charge in [-0.1, -0.05) is 20.3 Å². The Labute approximate surface area is 121 Å². The first-order valence-electron chi connectivity index (χ1n) is 7.11. The Morgan fingerprint density at radius 1 is 1.60 bits per heavy atom. The van der Waals surface area contributed by atoms with Crippen molar-refractivity contribution in [2.75, 3.05) is 32.6 Å². The number of methoxy groups -OCH3 is 1. The van der Waals surface area contributed by atoms with E-state index in [1.165, 1.54) is 0 Å². The average Bonchev–Trinajstić information content (AvgIpc) is 2.86. The third-order valence-electron chi connectivity index (χ3n) is 3.24. The number of aromatic nitrogens is 2. The lowest BCUT2D eigenvalue weighted by molar-refractivity contribution is 0.189. The standard InChI is InChI=1S/C14H26N4O2/c1-5-12(2)11-17(3)14(19)15-13-7-9-18(16-13)8-6-10-20-4/h7,9,12H,5-6,8,10-11H2,1-4H3,(H,15,16,19)/t12-/m0/s1. The molecule has 0 bridgehead atoms. The number of nitrogens with one attached hydrogen (secondary N) is 1. The Kier molecular flexibility index (Phi) is 7.08. The Morgan fingerprint density at radius 2 is 2.35 bits per heavy atom. The highest BCUT2D eigenvalue weighted by Gasteiger charge is 2.12. The molecule has 1 heterocycles. The van der Waals surface area contributed by atoms with Crippen molar-refractivity contribution in [3.05, 3.63) is 12.3 Å². The van der Waals surface area contributed by atoms with E-state index in [4.69, 9.17) is 4.74 Å². The molecule has 20 heavy (non-hydrogen) atoms. The molecule has 0 fully saturated rings. The first-order valence-corrected chi connectivity index (χ1v) is 7.11. The van der Waals surface area contributed by atoms with Gasteiger partial charge < -0.3 is 9.64 Å². The SMILES string of the molecule is CC[C@H](C)CN(C)C(=O)Nc1ccn(CCCOC)n1. The Morgan fingerprint density at radius 3 is 3.00 bits per heavy atom. The van der Waals surface area contributed by atoms with E-state index < -0.39 is 0 Å². The van der Waals surface area contributed by atoms with Gasteiger partial charge in [-0.25, -0.2) is 4.79 Å². The smallest absolute Gasteiger partial charge is 0.322 e. The number of urea groups is 1. The van der Waals surface area contributed by atoms with Crippen molar-refractivity contribution in [2.45, 2.75) is 33.2 Å². The molecular formula is C14H26N4O2. The number of carbonyl (C=O) groups is 1. The van der Waals surface area contributed by atoms with E-state index in [1.54, 1.807) is 19.1 Å². The number of carbonyl (C=O) groups excluding carboxylic acids is 1. The lowest BCUT2D eigenvalue weighted by atomic mass is 10.1. The molecule has 0 radical (unpaired) electrons. The van der Waals surface area contributed by atoms with Crippen molar-refractivity contribution in [3.8, 4) is 0 Å². The number of anilines is 1. The van der Waals surface area contributed by atoms with E-state index in [2.05, 4.69) is 24.3 Å². The van der Waals surface area contributed by atoms with Crippen LogP contribution in [0.15, 0.2) is 12.3 Å². The van der Waals surface area contributed by atoms with E-state index in [1.807, 2.05) is 16.9 Å². The fraction of sp³-hybridized carbons (Fsp3) is 0.714. The quantitative estimate of drug-likeness (QED) is 0.745. The van der Waals surface area contributed by atoms with Crippen molar-refractivity contribution < 1.29 is 9.53 Å². The summed E-state index contributed by atoms with van der Waals surface area (Å²) in [5.74, 6) is 1.08. The van der Waals surface area contributed by atoms with Gasteiger partial charge >= 0.3 is 6.03 Å². The number of aryl methyl sites for hydroxylation is 1. The summed E-state index contributed by atoms with van der Waals surface area (Å²) < 4.78 is 6.81. The summed E-state index contributed by atoms with van der Waals surface area (Å²) >= 11 is 0. The largest absolute Gasteiger partial charge is 0.385 e. The fourth-order valence-corrected chi connectivity index (χ4v) is 1.81. The monoisotopic (exact) mass is 282 g/mol. The Balaban J connectivity index is 2.41. The molecule has 2 amide bonds. The number of hydrogen-bond donors (Lipinski definition) is 1. The fourth-order valence-electron chi connectivity index (χ4n) is 1.81. The van der Waals surface area contributed by atoms with E-state index in [0.717, 1.165) is 25.9 Å². The molecule has 0 aliphatic heterocycles. The molecule has 0 aliphatic rings. The van der Waals surface area contributed by atoms with Crippen LogP contribution in [0.2, 0.25) is 0 Å². The minimum absolute atomic E-state index is 0.118. The van der Waals surface area contributed by atoms with Crippen molar-refractivity contribution in [2.24, 2.45) is 5.92 Å². The molecule has 114 valence electrons. The molecular weight excluding hydrogens is 256 g/mol. The lowest BCUT2D eigenvalue weighted by Gasteiger charge is -2.20. The molecule has 1 N–H and O–H groups in total. The molecule has 0 saturated carbocycles. The highest BCUT2D eigenvalue weighted by Crippen LogP contribution is 2.07. The van der Waals surface area contributed by atoms with E-state index in [-0.39, 0.29) is 6.03 Å². The van der Waals surface area contributed by atoms with Crippen LogP contribution in [0, 0.1) is 5.92 Å². The summed E-state index contributed by atoms with van der Waals surface area (Å²) in [7, 11) is 3.49. The van der Waals surface area contributed by atoms with E-state index >= 15 is 0 Å². The summed E-state index contributed by atoms with van der Waals surface area (Å²) in [5.41, 5.74) is 0. The first-order chi connectivity index (χ1) is 9.56. The highest BCUT2D eigenvalue weighted by molar-refractivity contribution is 5.87. The van der Waals surface area contributed by atoms with Crippen LogP contribution in [-0.2, 0) is 11.3 Å². The number of hydrogen-bond acceptors (Lipinski definition) is 3. The molecule has 0 unspecified atom stereocenters. The molecule has 1 atom stereocenters. The maximum Gasteiger partial charge on any atom is 0.322 e. The second-order valence-electron chi connectivity index (χ2n) is 5.13. The molecule has 0 saturated heterocycles. The van der Waals surface area contributed by atoms with Crippen LogP contribution in [0.4, 0.5) is 10.6 Å². The zero-order valence-corrected chi connectivity index (χ0v) is 12.9. The summed E-state index contributed by atoms with van der Waals surface area (Å²) in [6, 6.07) is 1.69. The predicted octanol–water partition coefficient (Wildman–Crippen LogP) is 2.43. The number of rotatable bonds is 8. The third-order valence-corrected chi connectivity index (χ3v) is 3.24. The highest BCUT2D eigenvalue weighted by atomic mass is 16.5. The zero-order valence-electron chi connectivity index (χ0n) is 12.9. The van der Waals surface area contributed by atoms with Crippen molar-refractivity contribution in [1.82, 2.24) is 14.7 Å². The van der Waals surface area contributed by atoms with E-state index in [9.17, 15) is 4.79 Å². The molecule has 1 aromatic rings. The lowest BCUT2D eigenvalue weighted by Crippen LogP contribution is -2.34. The van der Waals surface area contributed by atoms with Gasteiger partial charge in [0.05, 0.1) is 0 Å². The van der Waals surface area contributed by atoms with Gasteiger partial charge in [-0.15, -0.1) is 0 Å². The predicted molar refractivity (Wildman–Crippen MR) is 79.8 cm³/mol. The molecule has 0 aromatic carbocycles. The van der Waals surface area contributed by atoms with Gasteiger partial charge in [-0.2, -0.15) is 5.10 Å². The number of ether oxygens (including phenoxy) is 1. The third kappa shape index (κ3) is 5.61. The van der Waals surface area contributed by atoms with Gasteiger partial charge in [0.1, 0.15) is 0 Å². The van der Waals surface area contributed by atoms with Gasteiger partial charge in [0.2, 0.25) is 0 Å². The zero-order chi connectivity index (χ0) is 15.0. The second kappa shape index (κ2) is 8.58. The average molecular weight is 282 g/mol. The summed E-state index contributed by atoms with van der Waals surface area (Å²) in [6.07, 6.45) is 3.82. The number of amides is 2. The maximum absolute atomic E-state index is 12.0. The van der Waals surface area contributed by atoms with Crippen LogP contribution >= 0.6 is 0 Å². The van der Waals surface area contributed by atoms with Gasteiger partial charge in [0, 0.05) is 46.1 Å². The Hall–Kier alpha value is -1.56. The van der Waals surface area contributed by atoms with Gasteiger partial charge in [-0.3, -0.25) is 10.00 Å². The van der Waals surface area contributed by atoms with Crippen molar-refractivity contribution in [1.29, 1.82) is 0 Å². The topological polar surface area (TPSA) is 59.4 Å². The normalized spacial score (nSPS) is 12.2. The summed E-state index contributed by atoms with van der Waals surface area (Å²) in [4.78, 5) is 13.7. The van der Waals surface area contributed by atoms with E-state index in [0.29, 0.717) is 18.3 Å². The molecule has 1 aromatic heterocycles. The Bertz CT molecular complexity index is 406. The van der Waals surface area contributed by atoms with Crippen molar-refractivity contribution >= 4 is 11.8 Å². The van der Waals surface area contributed by atoms with Crippen LogP contribution < -0.4 is 5.32 Å². The molecule has 1 rings (SSSR count). The van der Waals surface area contributed by atoms with Crippen LogP contribution in [0.5, 0.6) is 0 Å². The minimum Gasteiger partial charge on any atom is -0.385 e. The minimum atomic E-state index is -0.118. The summed E-state index contributed by atoms with van der Waals surface area (Å²) in [6.45, 7) is 6.49. The second-order valence-corrected chi connectivity index (χ2v) is 5.13. The maximum atomic E-state index is 12.0.